The molecule has 1 N–H and O–H groups in total. The van der Waals surface area contributed by atoms with Crippen molar-refractivity contribution in [2.75, 3.05) is 0 Å². The number of nitrogens with one attached hydrogen (secondary N) is 1. The molecular formula is C15H16N4O3. The summed E-state index contributed by atoms with van der Waals surface area (Å²) >= 11 is 0. The van der Waals surface area contributed by atoms with Crippen LogP contribution in [0.25, 0.3) is 0 Å². The first-order valence-electron chi connectivity index (χ1n) is 6.85. The third-order valence-electron chi connectivity index (χ3n) is 3.16. The second-order valence-corrected chi connectivity index (χ2v) is 4.98. The van der Waals surface area contributed by atoms with Crippen molar-refractivity contribution in [2.24, 2.45) is 15.3 Å². The van der Waals surface area contributed by atoms with Crippen LogP contribution < -0.4 is 5.43 Å². The minimum atomic E-state index is -1.04. The van der Waals surface area contributed by atoms with Gasteiger partial charge in [-0.1, -0.05) is 12.1 Å². The van der Waals surface area contributed by atoms with Crippen LogP contribution in [0.3, 0.4) is 0 Å². The van der Waals surface area contributed by atoms with E-state index < -0.39 is 6.04 Å². The quantitative estimate of drug-likeness (QED) is 0.664. The van der Waals surface area contributed by atoms with E-state index in [1.807, 2.05) is 0 Å². The van der Waals surface area contributed by atoms with Crippen LogP contribution >= 0.6 is 0 Å². The van der Waals surface area contributed by atoms with Gasteiger partial charge in [0.05, 0.1) is 11.4 Å². The summed E-state index contributed by atoms with van der Waals surface area (Å²) in [6.07, 6.45) is 1.00. The Kier molecular flexibility index (Phi) is 4.88. The molecule has 1 aliphatic heterocycles. The van der Waals surface area contributed by atoms with E-state index in [0.717, 1.165) is 11.3 Å². The van der Waals surface area contributed by atoms with Crippen LogP contribution in [0.2, 0.25) is 0 Å². The number of hydrazone groups is 1. The fourth-order valence-corrected chi connectivity index (χ4v) is 1.98. The molecule has 114 valence electrons. The number of carbonyl (C=O) groups is 3. The van der Waals surface area contributed by atoms with Gasteiger partial charge in [0.1, 0.15) is 0 Å². The number of hydrogen-bond donors (Lipinski definition) is 1. The van der Waals surface area contributed by atoms with Crippen LogP contribution in [0.4, 0.5) is 5.69 Å². The first kappa shape index (κ1) is 15.7. The molecule has 0 bridgehead atoms. The van der Waals surface area contributed by atoms with Crippen molar-refractivity contribution in [3.63, 3.8) is 0 Å². The largest absolute Gasteiger partial charge is 0.297 e. The predicted molar refractivity (Wildman–Crippen MR) is 80.0 cm³/mol. The molecule has 0 saturated heterocycles. The molecule has 1 aromatic rings. The number of nitrogens with zero attached hydrogens (tertiary/aromatic N) is 3. The van der Waals surface area contributed by atoms with Gasteiger partial charge in [0.2, 0.25) is 5.91 Å². The first-order chi connectivity index (χ1) is 10.5. The Balaban J connectivity index is 2.10. The van der Waals surface area contributed by atoms with Crippen LogP contribution in [0.1, 0.15) is 32.3 Å². The zero-order valence-electron chi connectivity index (χ0n) is 12.4. The Hall–Kier alpha value is -2.70. The van der Waals surface area contributed by atoms with E-state index in [4.69, 9.17) is 0 Å². The second-order valence-electron chi connectivity index (χ2n) is 4.98. The van der Waals surface area contributed by atoms with Crippen LogP contribution in [0.5, 0.6) is 0 Å². The molecule has 0 atom stereocenters. The lowest BCUT2D eigenvalue weighted by molar-refractivity contribution is -0.126. The first-order valence-corrected chi connectivity index (χ1v) is 6.85. The number of rotatable bonds is 5. The molecule has 1 aromatic carbocycles. The number of hydrogen-bond acceptors (Lipinski definition) is 6. The molecule has 2 rings (SSSR count). The smallest absolute Gasteiger partial charge is 0.240 e. The Morgan fingerprint density at radius 2 is 1.77 bits per heavy atom. The minimum absolute atomic E-state index is 0.0892. The lowest BCUT2D eigenvalue weighted by Crippen LogP contribution is -2.25. The summed E-state index contributed by atoms with van der Waals surface area (Å²) in [4.78, 5) is 33.6. The summed E-state index contributed by atoms with van der Waals surface area (Å²) in [6, 6.07) is 6.00. The lowest BCUT2D eigenvalue weighted by atomic mass is 10.0. The lowest BCUT2D eigenvalue weighted by Gasteiger charge is -2.11. The van der Waals surface area contributed by atoms with E-state index in [-0.39, 0.29) is 17.5 Å². The van der Waals surface area contributed by atoms with Gasteiger partial charge in [-0.2, -0.15) is 15.3 Å². The van der Waals surface area contributed by atoms with Gasteiger partial charge >= 0.3 is 0 Å². The van der Waals surface area contributed by atoms with Gasteiger partial charge in [0.15, 0.2) is 17.6 Å². The summed E-state index contributed by atoms with van der Waals surface area (Å²) in [5, 5.41) is 11.7. The Labute approximate surface area is 127 Å². The van der Waals surface area contributed by atoms with Crippen molar-refractivity contribution in [1.29, 1.82) is 0 Å². The van der Waals surface area contributed by atoms with E-state index in [9.17, 15) is 14.4 Å². The maximum absolute atomic E-state index is 11.3. The van der Waals surface area contributed by atoms with Crippen molar-refractivity contribution < 1.29 is 14.4 Å². The molecule has 0 aliphatic carbocycles. The fraction of sp³-hybridized carbons (Fsp3) is 0.333. The summed E-state index contributed by atoms with van der Waals surface area (Å²) < 4.78 is 0. The maximum Gasteiger partial charge on any atom is 0.240 e. The molecule has 1 amide bonds. The minimum Gasteiger partial charge on any atom is -0.297 e. The van der Waals surface area contributed by atoms with Gasteiger partial charge in [0, 0.05) is 12.8 Å². The van der Waals surface area contributed by atoms with Crippen LogP contribution in [-0.4, -0.2) is 29.2 Å². The molecule has 0 saturated carbocycles. The Bertz CT molecular complexity index is 648. The number of azo groups is 1. The number of benzene rings is 1. The molecule has 0 radical (unpaired) electrons. The summed E-state index contributed by atoms with van der Waals surface area (Å²) in [5.74, 6) is -0.756. The number of Topliss-reactive ketones (excluding diaryl/α,β-unsaturated/α-hetero) is 2. The molecule has 7 nitrogen and oxygen atoms in total. The highest BCUT2D eigenvalue weighted by Crippen LogP contribution is 2.17. The van der Waals surface area contributed by atoms with E-state index in [1.54, 1.807) is 24.3 Å². The van der Waals surface area contributed by atoms with Crippen molar-refractivity contribution in [3.8, 4) is 0 Å². The van der Waals surface area contributed by atoms with Gasteiger partial charge in [-0.05, 0) is 31.5 Å². The maximum atomic E-state index is 11.3. The summed E-state index contributed by atoms with van der Waals surface area (Å²) in [5.41, 5.74) is 4.66. The number of carbonyl (C=O) groups excluding carboxylic acids is 3. The second kappa shape index (κ2) is 6.84. The molecule has 0 unspecified atom stereocenters. The highest BCUT2D eigenvalue weighted by atomic mass is 16.2. The normalized spacial score (nSPS) is 14.9. The average molecular weight is 300 g/mol. The van der Waals surface area contributed by atoms with E-state index in [0.29, 0.717) is 18.5 Å². The number of amides is 1. The van der Waals surface area contributed by atoms with Crippen molar-refractivity contribution >= 4 is 28.9 Å². The van der Waals surface area contributed by atoms with E-state index in [2.05, 4.69) is 20.8 Å². The van der Waals surface area contributed by atoms with Crippen molar-refractivity contribution in [1.82, 2.24) is 5.43 Å². The molecule has 7 heteroatoms. The molecule has 22 heavy (non-hydrogen) atoms. The van der Waals surface area contributed by atoms with Gasteiger partial charge in [0.25, 0.3) is 0 Å². The molecule has 0 spiro atoms. The zero-order valence-corrected chi connectivity index (χ0v) is 12.4. The zero-order chi connectivity index (χ0) is 16.1. The average Bonchev–Trinajstić information content (AvgIpc) is 2.48. The van der Waals surface area contributed by atoms with Crippen LogP contribution in [-0.2, 0) is 14.4 Å². The summed E-state index contributed by atoms with van der Waals surface area (Å²) in [6.45, 7) is 2.62. The third kappa shape index (κ3) is 3.91. The van der Waals surface area contributed by atoms with Crippen LogP contribution in [0.15, 0.2) is 39.6 Å². The standard InChI is InChI=1S/C15H16N4O3/c1-9(20)15(10(2)21)19-16-12-5-3-11(4-6-12)13-7-8-14(22)18-17-13/h3-6,15H,7-8H2,1-2H3,(H,18,22). The molecule has 1 heterocycles. The molecule has 1 aliphatic rings. The fourth-order valence-electron chi connectivity index (χ4n) is 1.98. The Morgan fingerprint density at radius 3 is 2.27 bits per heavy atom. The van der Waals surface area contributed by atoms with Crippen LogP contribution in [0, 0.1) is 0 Å². The van der Waals surface area contributed by atoms with E-state index >= 15 is 0 Å². The highest BCUT2D eigenvalue weighted by Gasteiger charge is 2.18. The summed E-state index contributed by atoms with van der Waals surface area (Å²) in [7, 11) is 0. The predicted octanol–water partition coefficient (Wildman–Crippen LogP) is 1.93. The molecule has 0 fully saturated rings. The van der Waals surface area contributed by atoms with Crippen molar-refractivity contribution in [2.45, 2.75) is 32.7 Å². The monoisotopic (exact) mass is 300 g/mol. The van der Waals surface area contributed by atoms with Gasteiger partial charge in [-0.25, -0.2) is 5.43 Å². The van der Waals surface area contributed by atoms with Crippen molar-refractivity contribution in [3.05, 3.63) is 29.8 Å². The van der Waals surface area contributed by atoms with Gasteiger partial charge in [-0.15, -0.1) is 0 Å². The molecular weight excluding hydrogens is 284 g/mol. The topological polar surface area (TPSA) is 100 Å². The van der Waals surface area contributed by atoms with Gasteiger partial charge < -0.3 is 0 Å². The molecule has 0 aromatic heterocycles. The Morgan fingerprint density at radius 1 is 1.14 bits per heavy atom. The SMILES string of the molecule is CC(=O)C(N=Nc1ccc(C2=NNC(=O)CC2)cc1)C(C)=O. The third-order valence-corrected chi connectivity index (χ3v) is 3.16. The number of ketones is 2. The highest BCUT2D eigenvalue weighted by molar-refractivity contribution is 6.05. The van der Waals surface area contributed by atoms with E-state index in [1.165, 1.54) is 13.8 Å². The van der Waals surface area contributed by atoms with Gasteiger partial charge in [-0.3, -0.25) is 14.4 Å².